The maximum atomic E-state index is 14.6. The summed E-state index contributed by atoms with van der Waals surface area (Å²) in [6, 6.07) is 7.22. The maximum absolute atomic E-state index is 14.6. The Balaban J connectivity index is 2.19. The number of hydrogen-bond donors (Lipinski definition) is 1. The van der Waals surface area contributed by atoms with Crippen molar-refractivity contribution in [1.82, 2.24) is 0 Å². The van der Waals surface area contributed by atoms with Crippen molar-refractivity contribution in [2.75, 3.05) is 13.7 Å². The molecule has 0 heterocycles. The molecule has 1 unspecified atom stereocenters. The van der Waals surface area contributed by atoms with E-state index in [-0.39, 0.29) is 5.41 Å². The lowest BCUT2D eigenvalue weighted by Crippen LogP contribution is -2.32. The zero-order chi connectivity index (χ0) is 12.3. The molecule has 2 nitrogen and oxygen atoms in total. The summed E-state index contributed by atoms with van der Waals surface area (Å²) in [7, 11) is 1.61. The second kappa shape index (κ2) is 5.05. The second-order valence-electron chi connectivity index (χ2n) is 4.91. The van der Waals surface area contributed by atoms with Crippen molar-refractivity contribution in [3.05, 3.63) is 29.8 Å². The first-order valence-electron chi connectivity index (χ1n) is 6.20. The van der Waals surface area contributed by atoms with Crippen molar-refractivity contribution in [3.63, 3.8) is 0 Å². The lowest BCUT2D eigenvalue weighted by molar-refractivity contribution is 0.119. The highest BCUT2D eigenvalue weighted by Crippen LogP contribution is 2.48. The molecule has 94 valence electrons. The van der Waals surface area contributed by atoms with Gasteiger partial charge in [-0.05, 0) is 30.5 Å². The van der Waals surface area contributed by atoms with E-state index in [1.165, 1.54) is 0 Å². The molecule has 0 bridgehead atoms. The van der Waals surface area contributed by atoms with E-state index in [1.54, 1.807) is 31.4 Å². The van der Waals surface area contributed by atoms with Gasteiger partial charge in [0.05, 0.1) is 7.11 Å². The van der Waals surface area contributed by atoms with E-state index in [4.69, 9.17) is 10.5 Å². The lowest BCUT2D eigenvalue weighted by Gasteiger charge is -2.31. The number of alkyl halides is 1. The van der Waals surface area contributed by atoms with Crippen molar-refractivity contribution in [1.29, 1.82) is 0 Å². The average Bonchev–Trinajstić information content (AvgIpc) is 2.88. The Hall–Kier alpha value is -1.09. The van der Waals surface area contributed by atoms with Crippen LogP contribution < -0.4 is 10.5 Å². The van der Waals surface area contributed by atoms with Gasteiger partial charge in [0.15, 0.2) is 0 Å². The first kappa shape index (κ1) is 12.4. The van der Waals surface area contributed by atoms with Gasteiger partial charge in [0.1, 0.15) is 11.9 Å². The number of hydrogen-bond acceptors (Lipinski definition) is 2. The first-order valence-corrected chi connectivity index (χ1v) is 6.20. The molecule has 1 saturated carbocycles. The minimum absolute atomic E-state index is 0.339. The molecule has 0 saturated heterocycles. The van der Waals surface area contributed by atoms with Crippen LogP contribution in [0.15, 0.2) is 24.3 Å². The Morgan fingerprint density at radius 1 is 1.29 bits per heavy atom. The van der Waals surface area contributed by atoms with Gasteiger partial charge in [0.2, 0.25) is 0 Å². The van der Waals surface area contributed by atoms with Crippen LogP contribution in [0.3, 0.4) is 0 Å². The highest BCUT2D eigenvalue weighted by Gasteiger charge is 2.41. The number of nitrogens with two attached hydrogens (primary N) is 1. The van der Waals surface area contributed by atoms with Crippen LogP contribution in [0.1, 0.15) is 37.4 Å². The SMILES string of the molecule is COc1ccc(C(F)C2(CN)CCCC2)cc1. The molecule has 3 heteroatoms. The third kappa shape index (κ3) is 2.29. The summed E-state index contributed by atoms with van der Waals surface area (Å²) in [5.74, 6) is 0.758. The van der Waals surface area contributed by atoms with Crippen LogP contribution in [0.2, 0.25) is 0 Å². The molecule has 1 fully saturated rings. The van der Waals surface area contributed by atoms with Crippen molar-refractivity contribution < 1.29 is 9.13 Å². The van der Waals surface area contributed by atoms with Gasteiger partial charge in [-0.25, -0.2) is 4.39 Å². The molecule has 2 rings (SSSR count). The minimum atomic E-state index is -0.957. The largest absolute Gasteiger partial charge is 0.497 e. The second-order valence-corrected chi connectivity index (χ2v) is 4.91. The van der Waals surface area contributed by atoms with E-state index < -0.39 is 6.17 Å². The fourth-order valence-electron chi connectivity index (χ4n) is 2.77. The minimum Gasteiger partial charge on any atom is -0.497 e. The van der Waals surface area contributed by atoms with Gasteiger partial charge in [-0.15, -0.1) is 0 Å². The zero-order valence-corrected chi connectivity index (χ0v) is 10.3. The predicted molar refractivity (Wildman–Crippen MR) is 66.8 cm³/mol. The van der Waals surface area contributed by atoms with Crippen LogP contribution in [0.5, 0.6) is 5.75 Å². The van der Waals surface area contributed by atoms with Crippen LogP contribution in [0.25, 0.3) is 0 Å². The van der Waals surface area contributed by atoms with Crippen molar-refractivity contribution >= 4 is 0 Å². The standard InChI is InChI=1S/C14H20FNO/c1-17-12-6-4-11(5-7-12)13(15)14(10-16)8-2-3-9-14/h4-7,13H,2-3,8-10,16H2,1H3. The molecule has 0 aliphatic heterocycles. The summed E-state index contributed by atoms with van der Waals surface area (Å²) in [6.45, 7) is 0.431. The molecule has 0 aromatic heterocycles. The summed E-state index contributed by atoms with van der Waals surface area (Å²) in [6.07, 6.45) is 3.02. The quantitative estimate of drug-likeness (QED) is 0.872. The summed E-state index contributed by atoms with van der Waals surface area (Å²) in [4.78, 5) is 0. The number of rotatable bonds is 4. The Labute approximate surface area is 102 Å². The molecule has 1 aromatic carbocycles. The number of ether oxygens (including phenoxy) is 1. The highest BCUT2D eigenvalue weighted by atomic mass is 19.1. The van der Waals surface area contributed by atoms with Gasteiger partial charge in [-0.2, -0.15) is 0 Å². The molecular weight excluding hydrogens is 217 g/mol. The van der Waals surface area contributed by atoms with Crippen molar-refractivity contribution in [2.45, 2.75) is 31.9 Å². The van der Waals surface area contributed by atoms with Gasteiger partial charge in [0.25, 0.3) is 0 Å². The lowest BCUT2D eigenvalue weighted by atomic mass is 9.78. The van der Waals surface area contributed by atoms with Gasteiger partial charge >= 0.3 is 0 Å². The fraction of sp³-hybridized carbons (Fsp3) is 0.571. The third-order valence-corrected chi connectivity index (χ3v) is 3.95. The molecule has 2 N–H and O–H groups in total. The van der Waals surface area contributed by atoms with Crippen LogP contribution >= 0.6 is 0 Å². The molecule has 0 spiro atoms. The van der Waals surface area contributed by atoms with E-state index in [0.717, 1.165) is 37.0 Å². The fourth-order valence-corrected chi connectivity index (χ4v) is 2.77. The topological polar surface area (TPSA) is 35.2 Å². The Morgan fingerprint density at radius 3 is 2.35 bits per heavy atom. The summed E-state index contributed by atoms with van der Waals surface area (Å²) >= 11 is 0. The third-order valence-electron chi connectivity index (χ3n) is 3.95. The molecule has 1 aliphatic rings. The summed E-state index contributed by atoms with van der Waals surface area (Å²) in [5, 5.41) is 0. The number of methoxy groups -OCH3 is 1. The van der Waals surface area contributed by atoms with E-state index in [1.807, 2.05) is 0 Å². The summed E-state index contributed by atoms with van der Waals surface area (Å²) in [5.41, 5.74) is 6.18. The number of halogens is 1. The molecule has 1 aliphatic carbocycles. The van der Waals surface area contributed by atoms with Gasteiger partial charge in [-0.1, -0.05) is 25.0 Å². The molecule has 0 radical (unpaired) electrons. The van der Waals surface area contributed by atoms with E-state index in [2.05, 4.69) is 0 Å². The molecular formula is C14H20FNO. The first-order chi connectivity index (χ1) is 8.22. The van der Waals surface area contributed by atoms with Gasteiger partial charge in [-0.3, -0.25) is 0 Å². The van der Waals surface area contributed by atoms with Gasteiger partial charge < -0.3 is 10.5 Å². The Bertz CT molecular complexity index is 357. The van der Waals surface area contributed by atoms with Gasteiger partial charge in [0, 0.05) is 12.0 Å². The average molecular weight is 237 g/mol. The van der Waals surface area contributed by atoms with Crippen molar-refractivity contribution in [3.8, 4) is 5.75 Å². The molecule has 1 aromatic rings. The van der Waals surface area contributed by atoms with Crippen LogP contribution in [0.4, 0.5) is 4.39 Å². The Morgan fingerprint density at radius 2 is 1.88 bits per heavy atom. The monoisotopic (exact) mass is 237 g/mol. The van der Waals surface area contributed by atoms with E-state index in [9.17, 15) is 4.39 Å². The predicted octanol–water partition coefficient (Wildman–Crippen LogP) is 3.22. The normalized spacial score (nSPS) is 20.2. The summed E-state index contributed by atoms with van der Waals surface area (Å²) < 4.78 is 19.7. The number of benzene rings is 1. The molecule has 1 atom stereocenters. The van der Waals surface area contributed by atoms with E-state index >= 15 is 0 Å². The van der Waals surface area contributed by atoms with E-state index in [0.29, 0.717) is 6.54 Å². The van der Waals surface area contributed by atoms with Crippen molar-refractivity contribution in [2.24, 2.45) is 11.1 Å². The highest BCUT2D eigenvalue weighted by molar-refractivity contribution is 5.29. The smallest absolute Gasteiger partial charge is 0.132 e. The van der Waals surface area contributed by atoms with Crippen LogP contribution in [0, 0.1) is 5.41 Å². The van der Waals surface area contributed by atoms with Crippen LogP contribution in [-0.2, 0) is 0 Å². The molecule has 0 amide bonds. The Kier molecular flexibility index (Phi) is 3.67. The zero-order valence-electron chi connectivity index (χ0n) is 10.3. The van der Waals surface area contributed by atoms with Crippen LogP contribution in [-0.4, -0.2) is 13.7 Å². The maximum Gasteiger partial charge on any atom is 0.132 e. The molecule has 17 heavy (non-hydrogen) atoms.